The summed E-state index contributed by atoms with van der Waals surface area (Å²) in [4.78, 5) is 0.113. The number of morpholine rings is 1. The molecule has 20 heavy (non-hydrogen) atoms. The maximum Gasteiger partial charge on any atom is 0.246 e. The van der Waals surface area contributed by atoms with Crippen LogP contribution in [-0.2, 0) is 14.8 Å². The van der Waals surface area contributed by atoms with Crippen molar-refractivity contribution in [2.75, 3.05) is 18.9 Å². The molecule has 1 saturated heterocycles. The van der Waals surface area contributed by atoms with Crippen LogP contribution in [0.5, 0.6) is 0 Å². The summed E-state index contributed by atoms with van der Waals surface area (Å²) in [5.74, 6) is 0. The molecule has 0 amide bonds. The number of ether oxygens (including phenoxy) is 1. The first-order valence-corrected chi connectivity index (χ1v) is 9.14. The van der Waals surface area contributed by atoms with Gasteiger partial charge in [-0.1, -0.05) is 15.9 Å². The number of hydrogen-bond donors (Lipinski definition) is 1. The monoisotopic (exact) mass is 426 g/mol. The fourth-order valence-corrected chi connectivity index (χ4v) is 5.89. The van der Waals surface area contributed by atoms with Gasteiger partial charge in [0.1, 0.15) is 4.90 Å². The van der Waals surface area contributed by atoms with Crippen LogP contribution in [0.15, 0.2) is 26.0 Å². The number of nitrogens with zero attached hydrogens (tertiary/aromatic N) is 1. The molecule has 2 N–H and O–H groups in total. The first-order chi connectivity index (χ1) is 9.23. The summed E-state index contributed by atoms with van der Waals surface area (Å²) in [6.45, 7) is 4.39. The van der Waals surface area contributed by atoms with E-state index in [9.17, 15) is 8.42 Å². The Morgan fingerprint density at radius 3 is 2.60 bits per heavy atom. The van der Waals surface area contributed by atoms with E-state index >= 15 is 0 Å². The highest BCUT2D eigenvalue weighted by Crippen LogP contribution is 2.35. The van der Waals surface area contributed by atoms with E-state index in [0.717, 1.165) is 4.47 Å². The molecule has 112 valence electrons. The number of hydrogen-bond acceptors (Lipinski definition) is 4. The third-order valence-corrected chi connectivity index (χ3v) is 6.60. The summed E-state index contributed by atoms with van der Waals surface area (Å²) in [6.07, 6.45) is -0.128. The smallest absolute Gasteiger partial charge is 0.246 e. The second kappa shape index (κ2) is 5.92. The number of sulfonamides is 1. The van der Waals surface area contributed by atoms with E-state index < -0.39 is 10.0 Å². The normalized spacial score (nSPS) is 24.8. The second-order valence-corrected chi connectivity index (χ2v) is 8.47. The number of anilines is 1. The molecule has 0 spiro atoms. The minimum atomic E-state index is -3.66. The number of nitrogens with two attached hydrogens (primary N) is 1. The standard InChI is InChI=1S/C12H16Br2N2O3S/c1-7-6-19-8(2)5-16(7)20(17,18)12-10(14)3-9(13)4-11(12)15/h3-4,7-8H,5-6,15H2,1-2H3. The Morgan fingerprint density at radius 1 is 1.35 bits per heavy atom. The molecule has 2 unspecified atom stereocenters. The summed E-state index contributed by atoms with van der Waals surface area (Å²) in [5.41, 5.74) is 6.12. The van der Waals surface area contributed by atoms with Crippen molar-refractivity contribution in [2.24, 2.45) is 0 Å². The Bertz CT molecular complexity index is 598. The van der Waals surface area contributed by atoms with Crippen molar-refractivity contribution in [2.45, 2.75) is 30.9 Å². The maximum absolute atomic E-state index is 12.8. The van der Waals surface area contributed by atoms with Gasteiger partial charge < -0.3 is 10.5 Å². The lowest BCUT2D eigenvalue weighted by Gasteiger charge is -2.36. The molecule has 0 bridgehead atoms. The highest BCUT2D eigenvalue weighted by Gasteiger charge is 2.36. The second-order valence-electron chi connectivity index (χ2n) is 4.87. The van der Waals surface area contributed by atoms with E-state index in [1.807, 2.05) is 13.8 Å². The molecule has 2 atom stereocenters. The largest absolute Gasteiger partial charge is 0.398 e. The minimum Gasteiger partial charge on any atom is -0.398 e. The number of benzene rings is 1. The maximum atomic E-state index is 12.8. The Morgan fingerprint density at radius 2 is 2.00 bits per heavy atom. The number of nitrogen functional groups attached to an aromatic ring is 1. The van der Waals surface area contributed by atoms with Crippen LogP contribution < -0.4 is 5.73 Å². The minimum absolute atomic E-state index is 0.113. The molecule has 0 radical (unpaired) electrons. The topological polar surface area (TPSA) is 72.6 Å². The molecule has 2 rings (SSSR count). The predicted molar refractivity (Wildman–Crippen MR) is 85.0 cm³/mol. The van der Waals surface area contributed by atoms with E-state index in [1.54, 1.807) is 12.1 Å². The Kier molecular flexibility index (Phi) is 4.80. The zero-order chi connectivity index (χ0) is 15.1. The van der Waals surface area contributed by atoms with Crippen molar-refractivity contribution in [3.05, 3.63) is 21.1 Å². The SMILES string of the molecule is CC1CN(S(=O)(=O)c2c(N)cc(Br)cc2Br)C(C)CO1. The van der Waals surface area contributed by atoms with E-state index in [4.69, 9.17) is 10.5 Å². The summed E-state index contributed by atoms with van der Waals surface area (Å²) < 4.78 is 33.8. The third kappa shape index (κ3) is 3.04. The van der Waals surface area contributed by atoms with Gasteiger partial charge in [0.05, 0.1) is 18.4 Å². The van der Waals surface area contributed by atoms with Gasteiger partial charge in [-0.3, -0.25) is 0 Å². The van der Waals surface area contributed by atoms with Gasteiger partial charge >= 0.3 is 0 Å². The molecule has 1 fully saturated rings. The molecule has 8 heteroatoms. The lowest BCUT2D eigenvalue weighted by Crippen LogP contribution is -2.50. The van der Waals surface area contributed by atoms with Crippen molar-refractivity contribution in [3.8, 4) is 0 Å². The first-order valence-electron chi connectivity index (χ1n) is 6.11. The number of halogens is 2. The van der Waals surface area contributed by atoms with Crippen LogP contribution >= 0.6 is 31.9 Å². The highest BCUT2D eigenvalue weighted by molar-refractivity contribution is 9.11. The predicted octanol–water partition coefficient (Wildman–Crippen LogP) is 2.59. The van der Waals surface area contributed by atoms with Crippen LogP contribution in [0.4, 0.5) is 5.69 Å². The van der Waals surface area contributed by atoms with Gasteiger partial charge in [0.15, 0.2) is 0 Å². The molecule has 1 aromatic rings. The fraction of sp³-hybridized carbons (Fsp3) is 0.500. The molecule has 0 aliphatic carbocycles. The molecular weight excluding hydrogens is 412 g/mol. The van der Waals surface area contributed by atoms with Gasteiger partial charge in [-0.05, 0) is 41.9 Å². The third-order valence-electron chi connectivity index (χ3n) is 3.15. The van der Waals surface area contributed by atoms with E-state index in [0.29, 0.717) is 17.6 Å². The van der Waals surface area contributed by atoms with Crippen LogP contribution in [0.3, 0.4) is 0 Å². The molecule has 1 aliphatic heterocycles. The number of rotatable bonds is 2. The zero-order valence-electron chi connectivity index (χ0n) is 11.1. The van der Waals surface area contributed by atoms with Crippen LogP contribution in [0.2, 0.25) is 0 Å². The molecule has 1 aromatic carbocycles. The Hall–Kier alpha value is -0.150. The van der Waals surface area contributed by atoms with Gasteiger partial charge in [-0.15, -0.1) is 0 Å². The van der Waals surface area contributed by atoms with Gasteiger partial charge in [-0.2, -0.15) is 4.31 Å². The molecule has 1 aliphatic rings. The molecule has 5 nitrogen and oxygen atoms in total. The van der Waals surface area contributed by atoms with Crippen molar-refractivity contribution in [3.63, 3.8) is 0 Å². The van der Waals surface area contributed by atoms with Crippen LogP contribution in [0.1, 0.15) is 13.8 Å². The molecular formula is C12H16Br2N2O3S. The van der Waals surface area contributed by atoms with Crippen molar-refractivity contribution >= 4 is 47.6 Å². The van der Waals surface area contributed by atoms with Gasteiger partial charge in [0.2, 0.25) is 10.0 Å². The quantitative estimate of drug-likeness (QED) is 0.736. The van der Waals surface area contributed by atoms with E-state index in [-0.39, 0.29) is 22.7 Å². The van der Waals surface area contributed by atoms with Crippen molar-refractivity contribution < 1.29 is 13.2 Å². The zero-order valence-corrected chi connectivity index (χ0v) is 15.1. The van der Waals surface area contributed by atoms with Crippen LogP contribution in [0.25, 0.3) is 0 Å². The van der Waals surface area contributed by atoms with Crippen LogP contribution in [-0.4, -0.2) is 38.0 Å². The fourth-order valence-electron chi connectivity index (χ4n) is 2.18. The summed E-state index contributed by atoms with van der Waals surface area (Å²) in [5, 5.41) is 0. The van der Waals surface area contributed by atoms with E-state index in [1.165, 1.54) is 4.31 Å². The molecule has 0 aromatic heterocycles. The Labute approximate surface area is 135 Å². The van der Waals surface area contributed by atoms with Gasteiger partial charge in [0, 0.05) is 21.5 Å². The van der Waals surface area contributed by atoms with Crippen LogP contribution in [0, 0.1) is 0 Å². The summed E-state index contributed by atoms with van der Waals surface area (Å²) in [7, 11) is -3.66. The lowest BCUT2D eigenvalue weighted by atomic mass is 10.2. The first kappa shape index (κ1) is 16.2. The van der Waals surface area contributed by atoms with E-state index in [2.05, 4.69) is 31.9 Å². The average molecular weight is 428 g/mol. The molecule has 1 heterocycles. The summed E-state index contributed by atoms with van der Waals surface area (Å²) in [6, 6.07) is 3.05. The van der Waals surface area contributed by atoms with Crippen molar-refractivity contribution in [1.82, 2.24) is 4.31 Å². The lowest BCUT2D eigenvalue weighted by molar-refractivity contribution is -0.0170. The van der Waals surface area contributed by atoms with Crippen molar-refractivity contribution in [1.29, 1.82) is 0 Å². The molecule has 0 saturated carbocycles. The highest BCUT2D eigenvalue weighted by atomic mass is 79.9. The average Bonchev–Trinajstić information content (AvgIpc) is 2.30. The van der Waals surface area contributed by atoms with Gasteiger partial charge in [-0.25, -0.2) is 8.42 Å². The van der Waals surface area contributed by atoms with Gasteiger partial charge in [0.25, 0.3) is 0 Å². The Balaban J connectivity index is 2.50. The summed E-state index contributed by atoms with van der Waals surface area (Å²) >= 11 is 6.58.